The summed E-state index contributed by atoms with van der Waals surface area (Å²) in [6.45, 7) is 2.67. The fraction of sp³-hybridized carbons (Fsp3) is 0.526. The number of carbonyl (C=O) groups is 1. The van der Waals surface area contributed by atoms with Crippen LogP contribution in [-0.4, -0.2) is 36.9 Å². The van der Waals surface area contributed by atoms with Crippen molar-refractivity contribution >= 4 is 17.5 Å². The number of rotatable bonds is 10. The van der Waals surface area contributed by atoms with Gasteiger partial charge >= 0.3 is 0 Å². The van der Waals surface area contributed by atoms with Gasteiger partial charge in [0, 0.05) is 26.4 Å². The zero-order valence-corrected chi connectivity index (χ0v) is 15.1. The van der Waals surface area contributed by atoms with E-state index in [-0.39, 0.29) is 17.9 Å². The van der Waals surface area contributed by atoms with Crippen LogP contribution in [0, 0.1) is 5.92 Å². The highest BCUT2D eigenvalue weighted by atomic mass is 35.5. The van der Waals surface area contributed by atoms with Crippen molar-refractivity contribution < 1.29 is 9.53 Å². The second kappa shape index (κ2) is 11.3. The van der Waals surface area contributed by atoms with Crippen LogP contribution in [0.1, 0.15) is 31.7 Å². The lowest BCUT2D eigenvalue weighted by atomic mass is 9.92. The Balaban J connectivity index is 2.71. The summed E-state index contributed by atoms with van der Waals surface area (Å²) in [4.78, 5) is 13.7. The summed E-state index contributed by atoms with van der Waals surface area (Å²) >= 11 is 5.71. The van der Waals surface area contributed by atoms with Gasteiger partial charge in [-0.2, -0.15) is 0 Å². The van der Waals surface area contributed by atoms with Crippen LogP contribution in [0.4, 0.5) is 0 Å². The molecule has 0 aliphatic heterocycles. The molecule has 3 nitrogen and oxygen atoms in total. The lowest BCUT2D eigenvalue weighted by Crippen LogP contribution is -2.30. The van der Waals surface area contributed by atoms with Gasteiger partial charge in [-0.05, 0) is 17.9 Å². The fourth-order valence-corrected chi connectivity index (χ4v) is 2.54. The molecule has 0 heterocycles. The third-order valence-electron chi connectivity index (χ3n) is 3.92. The van der Waals surface area contributed by atoms with Gasteiger partial charge in [0.05, 0.1) is 12.7 Å². The van der Waals surface area contributed by atoms with Crippen molar-refractivity contribution in [2.75, 3.05) is 20.0 Å². The molecular formula is C19H28ClNO2. The molecule has 2 atom stereocenters. The number of benzene rings is 1. The van der Waals surface area contributed by atoms with E-state index in [0.29, 0.717) is 18.9 Å². The Hall–Kier alpha value is -1.32. The lowest BCUT2D eigenvalue weighted by Gasteiger charge is -2.26. The van der Waals surface area contributed by atoms with E-state index in [1.165, 1.54) is 0 Å². The molecular weight excluding hydrogens is 310 g/mol. The average Bonchev–Trinajstić information content (AvgIpc) is 2.56. The minimum absolute atomic E-state index is 0.0172. The minimum Gasteiger partial charge on any atom is -0.373 e. The number of nitrogens with zero attached hydrogens (tertiary/aromatic N) is 1. The van der Waals surface area contributed by atoms with E-state index in [2.05, 4.69) is 19.1 Å². The van der Waals surface area contributed by atoms with Gasteiger partial charge in [0.2, 0.25) is 5.91 Å². The highest BCUT2D eigenvalue weighted by Crippen LogP contribution is 2.22. The first-order valence-corrected chi connectivity index (χ1v) is 8.68. The zero-order valence-electron chi connectivity index (χ0n) is 14.4. The standard InChI is InChI=1S/C19H28ClNO2/c1-4-17(14-19(22)21(2)3)18(12-8-9-13-20)23-15-16-10-6-5-7-11-16/h5-11,17-18H,4,12-15H2,1-3H3/b9-8-/t17-,18-/m1/s1. The summed E-state index contributed by atoms with van der Waals surface area (Å²) in [5, 5.41) is 0. The van der Waals surface area contributed by atoms with Gasteiger partial charge in [-0.25, -0.2) is 0 Å². The molecule has 0 aliphatic carbocycles. The van der Waals surface area contributed by atoms with Gasteiger partial charge in [-0.1, -0.05) is 55.8 Å². The van der Waals surface area contributed by atoms with Crippen LogP contribution in [0.25, 0.3) is 0 Å². The fourth-order valence-electron chi connectivity index (χ4n) is 2.41. The Bertz CT molecular complexity index is 474. The quantitative estimate of drug-likeness (QED) is 0.471. The van der Waals surface area contributed by atoms with Crippen LogP contribution in [0.2, 0.25) is 0 Å². The molecule has 0 fully saturated rings. The Morgan fingerprint density at radius 1 is 1.26 bits per heavy atom. The maximum Gasteiger partial charge on any atom is 0.222 e. The van der Waals surface area contributed by atoms with Crippen molar-refractivity contribution in [2.45, 2.75) is 38.9 Å². The van der Waals surface area contributed by atoms with Crippen LogP contribution in [0.15, 0.2) is 42.5 Å². The van der Waals surface area contributed by atoms with E-state index in [1.54, 1.807) is 19.0 Å². The van der Waals surface area contributed by atoms with E-state index in [4.69, 9.17) is 16.3 Å². The van der Waals surface area contributed by atoms with Gasteiger partial charge in [0.1, 0.15) is 0 Å². The van der Waals surface area contributed by atoms with E-state index >= 15 is 0 Å². The van der Waals surface area contributed by atoms with Crippen molar-refractivity contribution in [2.24, 2.45) is 5.92 Å². The third-order valence-corrected chi connectivity index (χ3v) is 4.09. The summed E-state index contributed by atoms with van der Waals surface area (Å²) in [5.74, 6) is 0.846. The van der Waals surface area contributed by atoms with Gasteiger partial charge < -0.3 is 9.64 Å². The molecule has 1 rings (SSSR count). The number of hydrogen-bond acceptors (Lipinski definition) is 2. The highest BCUT2D eigenvalue weighted by molar-refractivity contribution is 6.18. The van der Waals surface area contributed by atoms with E-state index < -0.39 is 0 Å². The minimum atomic E-state index is 0.0172. The summed E-state index contributed by atoms with van der Waals surface area (Å²) in [5.41, 5.74) is 1.15. The molecule has 1 aromatic rings. The van der Waals surface area contributed by atoms with Crippen molar-refractivity contribution in [3.05, 3.63) is 48.0 Å². The largest absolute Gasteiger partial charge is 0.373 e. The molecule has 0 bridgehead atoms. The number of alkyl halides is 1. The maximum absolute atomic E-state index is 12.1. The Morgan fingerprint density at radius 2 is 1.96 bits per heavy atom. The van der Waals surface area contributed by atoms with Crippen LogP contribution in [0.3, 0.4) is 0 Å². The number of ether oxygens (including phenoxy) is 1. The number of amides is 1. The maximum atomic E-state index is 12.1. The molecule has 0 saturated heterocycles. The van der Waals surface area contributed by atoms with Gasteiger partial charge in [0.25, 0.3) is 0 Å². The molecule has 0 saturated carbocycles. The van der Waals surface area contributed by atoms with Crippen molar-refractivity contribution in [1.82, 2.24) is 4.90 Å². The topological polar surface area (TPSA) is 29.5 Å². The van der Waals surface area contributed by atoms with E-state index in [9.17, 15) is 4.79 Å². The number of carbonyl (C=O) groups excluding carboxylic acids is 1. The summed E-state index contributed by atoms with van der Waals surface area (Å²) in [6, 6.07) is 10.1. The number of hydrogen-bond donors (Lipinski definition) is 0. The molecule has 128 valence electrons. The molecule has 0 N–H and O–H groups in total. The second-order valence-corrected chi connectivity index (χ2v) is 6.17. The van der Waals surface area contributed by atoms with Crippen molar-refractivity contribution in [1.29, 1.82) is 0 Å². The Morgan fingerprint density at radius 3 is 2.52 bits per heavy atom. The number of allylic oxidation sites excluding steroid dienone is 1. The second-order valence-electron chi connectivity index (χ2n) is 5.86. The third kappa shape index (κ3) is 7.67. The Kier molecular flexibility index (Phi) is 9.65. The molecule has 0 unspecified atom stereocenters. The predicted octanol–water partition coefficient (Wildman–Crippen LogP) is 4.26. The first-order chi connectivity index (χ1) is 11.1. The van der Waals surface area contributed by atoms with Crippen molar-refractivity contribution in [3.8, 4) is 0 Å². The molecule has 1 aromatic carbocycles. The normalized spacial score (nSPS) is 13.9. The van der Waals surface area contributed by atoms with E-state index in [1.807, 2.05) is 30.4 Å². The lowest BCUT2D eigenvalue weighted by molar-refractivity contribution is -0.131. The average molecular weight is 338 g/mol. The van der Waals surface area contributed by atoms with E-state index in [0.717, 1.165) is 18.4 Å². The highest BCUT2D eigenvalue weighted by Gasteiger charge is 2.23. The first-order valence-electron chi connectivity index (χ1n) is 8.15. The van der Waals surface area contributed by atoms with Crippen LogP contribution in [0.5, 0.6) is 0 Å². The molecule has 1 amide bonds. The van der Waals surface area contributed by atoms with Crippen LogP contribution >= 0.6 is 11.6 Å². The molecule has 0 aliphatic rings. The summed E-state index contributed by atoms with van der Waals surface area (Å²) in [7, 11) is 3.59. The molecule has 4 heteroatoms. The van der Waals surface area contributed by atoms with Gasteiger partial charge in [-0.3, -0.25) is 4.79 Å². The number of halogens is 1. The van der Waals surface area contributed by atoms with Crippen molar-refractivity contribution in [3.63, 3.8) is 0 Å². The van der Waals surface area contributed by atoms with Gasteiger partial charge in [0.15, 0.2) is 0 Å². The molecule has 0 radical (unpaired) electrons. The molecule has 0 spiro atoms. The summed E-state index contributed by atoms with van der Waals surface area (Å²) < 4.78 is 6.14. The molecule has 0 aromatic heterocycles. The first kappa shape index (κ1) is 19.7. The molecule has 23 heavy (non-hydrogen) atoms. The SMILES string of the molecule is CC[C@H](CC(=O)N(C)C)[C@@H](C/C=C\CCl)OCc1ccccc1. The monoisotopic (exact) mass is 337 g/mol. The zero-order chi connectivity index (χ0) is 17.1. The van der Waals surface area contributed by atoms with Gasteiger partial charge in [-0.15, -0.1) is 11.6 Å². The summed E-state index contributed by atoms with van der Waals surface area (Å²) in [6.07, 6.45) is 6.19. The van der Waals surface area contributed by atoms with Crippen LogP contribution in [-0.2, 0) is 16.1 Å². The Labute approximate surface area is 145 Å². The smallest absolute Gasteiger partial charge is 0.222 e. The van der Waals surface area contributed by atoms with Crippen LogP contribution < -0.4 is 0 Å². The predicted molar refractivity (Wildman–Crippen MR) is 96.6 cm³/mol.